The van der Waals surface area contributed by atoms with Gasteiger partial charge in [-0.2, -0.15) is 0 Å². The number of terminal acetylenes is 1. The summed E-state index contributed by atoms with van der Waals surface area (Å²) in [5, 5.41) is 0. The summed E-state index contributed by atoms with van der Waals surface area (Å²) in [6, 6.07) is 6.29. The molecule has 1 aromatic rings. The maximum Gasteiger partial charge on any atom is 0 e. The molecule has 0 bridgehead atoms. The van der Waals surface area contributed by atoms with E-state index in [1.165, 1.54) is 19.1 Å². The van der Waals surface area contributed by atoms with Crippen LogP contribution in [-0.2, 0) is 72.8 Å². The van der Waals surface area contributed by atoms with E-state index in [-0.39, 0.29) is 34.7 Å². The number of rotatable bonds is 3. The van der Waals surface area contributed by atoms with Gasteiger partial charge in [0, 0.05) is 23.7 Å². The van der Waals surface area contributed by atoms with Crippen LogP contribution in [0, 0.1) is 78.8 Å². The van der Waals surface area contributed by atoms with Crippen LogP contribution in [0.1, 0.15) is 17.3 Å². The molecule has 0 heterocycles. The Bertz CT molecular complexity index is 760. The van der Waals surface area contributed by atoms with Gasteiger partial charge in [-0.15, -0.1) is 6.42 Å². The number of para-hydroxylation sites is 1. The molecule has 1 rings (SSSR count). The molecule has 15 heteroatoms. The van der Waals surface area contributed by atoms with Crippen molar-refractivity contribution in [1.29, 1.82) is 0 Å². The van der Waals surface area contributed by atoms with Crippen molar-refractivity contribution in [3.63, 3.8) is 0 Å². The topological polar surface area (TPSA) is 252 Å². The van der Waals surface area contributed by atoms with Crippen LogP contribution in [-0.4, -0.2) is 18.5 Å². The molecule has 0 saturated heterocycles. The zero-order valence-electron chi connectivity index (χ0n) is 18.1. The minimum Gasteiger partial charge on any atom is 0 e. The van der Waals surface area contributed by atoms with Crippen molar-refractivity contribution in [1.82, 2.24) is 0 Å². The van der Waals surface area contributed by atoms with Crippen LogP contribution in [0.2, 0.25) is 0 Å². The van der Waals surface area contributed by atoms with Crippen LogP contribution in [0.15, 0.2) is 24.3 Å². The van der Waals surface area contributed by atoms with Gasteiger partial charge in [-0.1, -0.05) is 18.1 Å². The molecule has 0 spiro atoms. The molecule has 0 fully saturated rings. The van der Waals surface area contributed by atoms with Crippen LogP contribution in [0.3, 0.4) is 0 Å². The summed E-state index contributed by atoms with van der Waals surface area (Å²) in [4.78, 5) is 22.3. The monoisotopic (exact) mass is 557 g/mol. The second-order valence-corrected chi connectivity index (χ2v) is 2.87. The van der Waals surface area contributed by atoms with Gasteiger partial charge in [-0.05, 0) is 12.1 Å². The predicted octanol–water partition coefficient (Wildman–Crippen LogP) is 1.02. The molecule has 0 atom stereocenters. The first-order valence-corrected chi connectivity index (χ1v) is 6.57. The zero-order chi connectivity index (χ0) is 32.0. The van der Waals surface area contributed by atoms with E-state index in [9.17, 15) is 9.59 Å². The van der Waals surface area contributed by atoms with Crippen LogP contribution in [0.25, 0.3) is 0 Å². The molecule has 0 aliphatic carbocycles. The first-order valence-electron chi connectivity index (χ1n) is 6.57. The van der Waals surface area contributed by atoms with Gasteiger partial charge >= 0.3 is 125 Å². The first kappa shape index (κ1) is 69.8. The average molecular weight is 557 g/mol. The van der Waals surface area contributed by atoms with Crippen molar-refractivity contribution in [2.45, 2.75) is 6.92 Å². The smallest absolute Gasteiger partial charge is 0 e. The summed E-state index contributed by atoms with van der Waals surface area (Å²) < 4.78 is 84.6. The Morgan fingerprint density at radius 3 is 1.27 bits per heavy atom. The third-order valence-corrected chi connectivity index (χ3v) is 1.65. The Hall–Kier alpha value is -4.37. The fourth-order valence-electron chi connectivity index (χ4n) is 1.06. The largest absolute Gasteiger partial charge is 0 e. The minimum absolute atomic E-state index is 0. The van der Waals surface area contributed by atoms with E-state index in [0.717, 1.165) is 0 Å². The third kappa shape index (κ3) is 80.0. The van der Waals surface area contributed by atoms with Gasteiger partial charge in [0.25, 0.3) is 0 Å². The van der Waals surface area contributed by atoms with Gasteiger partial charge < -0.3 is 9.47 Å². The summed E-state index contributed by atoms with van der Waals surface area (Å²) in [7, 11) is 0. The van der Waals surface area contributed by atoms with E-state index in [4.69, 9.17) is 62.4 Å². The van der Waals surface area contributed by atoms with Crippen LogP contribution < -0.4 is 4.74 Å². The number of esters is 2. The SMILES string of the molecule is C#CCOC(=O)c1ccccc1OC(C)=O.[C-]#[O+].[C-]#[O+].[C-]#[O+].[C-]#[O+].[C-]#[O+].[C-]#[O+].[C-]#[O+].[C-]#[O+].[C-]#[O+].[C-]#[O+].[Co]. The van der Waals surface area contributed by atoms with E-state index in [0.29, 0.717) is 0 Å². The molecular formula is C22H10CoO14. The average Bonchev–Trinajstić information content (AvgIpc) is 3.02. The number of carbonyl (C=O) groups excluding carboxylic acids is 2. The number of hydrogen-bond acceptors (Lipinski definition) is 4. The molecule has 191 valence electrons. The van der Waals surface area contributed by atoms with Crippen LogP contribution in [0.5, 0.6) is 5.75 Å². The standard InChI is InChI=1S/C12H10O4.10CO.Co/c1-3-8-15-12(14)10-6-4-5-7-11(10)16-9(2)13;10*1-2;/h1,4-7H,8H2,2H3;;;;;;;;;;;. The Kier molecular flexibility index (Phi) is 229. The summed E-state index contributed by atoms with van der Waals surface area (Å²) in [6.45, 7) is 46.1. The van der Waals surface area contributed by atoms with Crippen molar-refractivity contribution in [3.05, 3.63) is 96.3 Å². The maximum absolute atomic E-state index is 11.5. The predicted molar refractivity (Wildman–Crippen MR) is 96.2 cm³/mol. The van der Waals surface area contributed by atoms with Crippen molar-refractivity contribution >= 4 is 11.9 Å². The molecule has 0 N–H and O–H groups in total. The Balaban J connectivity index is -0.0000000303. The molecule has 1 aromatic carbocycles. The van der Waals surface area contributed by atoms with Crippen molar-refractivity contribution in [2.24, 2.45) is 0 Å². The van der Waals surface area contributed by atoms with Gasteiger partial charge in [-0.3, -0.25) is 4.79 Å². The maximum atomic E-state index is 11.5. The molecule has 0 saturated carbocycles. The molecule has 0 aliphatic heterocycles. The summed E-state index contributed by atoms with van der Waals surface area (Å²) in [5.41, 5.74) is 0.174. The Morgan fingerprint density at radius 1 is 0.703 bits per heavy atom. The fraction of sp³-hybridized carbons (Fsp3) is 0.0909. The number of hydrogen-bond donors (Lipinski definition) is 0. The van der Waals surface area contributed by atoms with Gasteiger partial charge in [-0.25, -0.2) is 4.79 Å². The van der Waals surface area contributed by atoms with E-state index >= 15 is 0 Å². The van der Waals surface area contributed by atoms with Gasteiger partial charge in [0.05, 0.1) is 0 Å². The van der Waals surface area contributed by atoms with Crippen molar-refractivity contribution < 1.29 is 82.4 Å². The molecule has 0 amide bonds. The van der Waals surface area contributed by atoms with E-state index < -0.39 is 11.9 Å². The number of benzene rings is 1. The molecule has 0 unspecified atom stereocenters. The second kappa shape index (κ2) is 121. The first-order chi connectivity index (χ1) is 17.6. The Morgan fingerprint density at radius 2 is 1.00 bits per heavy atom. The van der Waals surface area contributed by atoms with Gasteiger partial charge in [0.15, 0.2) is 6.61 Å². The minimum atomic E-state index is -0.616. The van der Waals surface area contributed by atoms with E-state index in [1.54, 1.807) is 12.1 Å². The third-order valence-electron chi connectivity index (χ3n) is 1.65. The van der Waals surface area contributed by atoms with Crippen LogP contribution in [0.4, 0.5) is 0 Å². The summed E-state index contributed by atoms with van der Waals surface area (Å²) >= 11 is 0. The van der Waals surface area contributed by atoms with Gasteiger partial charge in [0.1, 0.15) is 11.3 Å². The van der Waals surface area contributed by atoms with Crippen molar-refractivity contribution in [3.8, 4) is 18.1 Å². The summed E-state index contributed by atoms with van der Waals surface area (Å²) in [5.74, 6) is 1.22. The van der Waals surface area contributed by atoms with E-state index in [1.807, 2.05) is 0 Å². The molecule has 0 aliphatic rings. The fourth-order valence-corrected chi connectivity index (χ4v) is 1.06. The van der Waals surface area contributed by atoms with Gasteiger partial charge in [0.2, 0.25) is 0 Å². The second-order valence-electron chi connectivity index (χ2n) is 2.87. The Labute approximate surface area is 222 Å². The van der Waals surface area contributed by atoms with Crippen molar-refractivity contribution in [2.75, 3.05) is 6.61 Å². The molecular weight excluding hydrogens is 547 g/mol. The number of carbonyl (C=O) groups is 2. The quantitative estimate of drug-likeness (QED) is 0.173. The zero-order valence-corrected chi connectivity index (χ0v) is 19.2. The number of ether oxygens (including phenoxy) is 2. The molecule has 0 aromatic heterocycles. The normalized spacial score (nSPS) is 4.43. The van der Waals surface area contributed by atoms with E-state index in [2.05, 4.69) is 72.4 Å². The molecule has 37 heavy (non-hydrogen) atoms. The van der Waals surface area contributed by atoms with Crippen LogP contribution >= 0.6 is 0 Å². The molecule has 14 nitrogen and oxygen atoms in total. The molecule has 1 radical (unpaired) electrons. The summed E-state index contributed by atoms with van der Waals surface area (Å²) in [6.07, 6.45) is 4.96.